The number of hydrogen-bond acceptors (Lipinski definition) is 3. The highest BCUT2D eigenvalue weighted by Gasteiger charge is 2.31. The summed E-state index contributed by atoms with van der Waals surface area (Å²) in [7, 11) is 0. The molecule has 0 unspecified atom stereocenters. The van der Waals surface area contributed by atoms with E-state index >= 15 is 0 Å². The zero-order chi connectivity index (χ0) is 28.1. The molecule has 0 atom stereocenters. The number of aryl methyl sites for hydroxylation is 1. The van der Waals surface area contributed by atoms with Crippen LogP contribution >= 0.6 is 11.6 Å². The van der Waals surface area contributed by atoms with Crippen LogP contribution in [0.15, 0.2) is 72.9 Å². The quantitative estimate of drug-likeness (QED) is 0.193. The summed E-state index contributed by atoms with van der Waals surface area (Å²) in [5.74, 6) is -0.210. The molecule has 1 aliphatic rings. The van der Waals surface area contributed by atoms with Crippen molar-refractivity contribution in [2.45, 2.75) is 45.6 Å². The average Bonchev–Trinajstić information content (AvgIpc) is 3.29. The van der Waals surface area contributed by atoms with Gasteiger partial charge in [-0.2, -0.15) is 0 Å². The van der Waals surface area contributed by atoms with Crippen molar-refractivity contribution in [3.8, 4) is 16.9 Å². The Bertz CT molecular complexity index is 1410. The number of aromatic nitrogens is 1. The molecule has 0 amide bonds. The summed E-state index contributed by atoms with van der Waals surface area (Å²) in [5, 5.41) is 1.96. The molecule has 1 fully saturated rings. The molecule has 0 spiro atoms. The van der Waals surface area contributed by atoms with Crippen LogP contribution in [0.2, 0.25) is 5.02 Å². The van der Waals surface area contributed by atoms with Crippen LogP contribution in [-0.4, -0.2) is 53.5 Å². The lowest BCUT2D eigenvalue weighted by atomic mass is 10.0. The van der Waals surface area contributed by atoms with E-state index < -0.39 is 6.36 Å². The summed E-state index contributed by atoms with van der Waals surface area (Å²) in [6, 6.07) is 20.9. The zero-order valence-electron chi connectivity index (χ0n) is 22.8. The number of fused-ring (bicyclic) bond motifs is 1. The minimum atomic E-state index is -4.70. The lowest BCUT2D eigenvalue weighted by Gasteiger charge is -2.34. The van der Waals surface area contributed by atoms with Gasteiger partial charge in [0.15, 0.2) is 0 Å². The highest BCUT2D eigenvalue weighted by Crippen LogP contribution is 2.34. The standard InChI is InChI=1S/C32H35ClF3N3O/c1-2-3-15-39-23-29(25-9-11-27(12-10-25)40-32(34,35)36)28-21-24(8-13-31(28)39)22-38-19-17-37(18-20-38)16-14-26-6-4-5-7-30(26)33/h4-13,21,23H,2-3,14-20,22H2,1H3. The highest BCUT2D eigenvalue weighted by molar-refractivity contribution is 6.31. The molecule has 5 rings (SSSR count). The van der Waals surface area contributed by atoms with Gasteiger partial charge >= 0.3 is 6.36 Å². The van der Waals surface area contributed by atoms with Crippen LogP contribution in [0.4, 0.5) is 13.2 Å². The Morgan fingerprint density at radius 1 is 0.875 bits per heavy atom. The van der Waals surface area contributed by atoms with Crippen LogP contribution in [0.3, 0.4) is 0 Å². The minimum absolute atomic E-state index is 0.210. The van der Waals surface area contributed by atoms with E-state index in [0.29, 0.717) is 0 Å². The maximum atomic E-state index is 12.6. The van der Waals surface area contributed by atoms with Gasteiger partial charge in [-0.3, -0.25) is 4.90 Å². The first-order chi connectivity index (χ1) is 19.3. The minimum Gasteiger partial charge on any atom is -0.406 e. The molecule has 0 radical (unpaired) electrons. The fraction of sp³-hybridized carbons (Fsp3) is 0.375. The molecule has 4 nitrogen and oxygen atoms in total. The van der Waals surface area contributed by atoms with Gasteiger partial charge in [-0.15, -0.1) is 13.2 Å². The molecule has 1 saturated heterocycles. The van der Waals surface area contributed by atoms with E-state index in [4.69, 9.17) is 11.6 Å². The lowest BCUT2D eigenvalue weighted by molar-refractivity contribution is -0.274. The summed E-state index contributed by atoms with van der Waals surface area (Å²) in [6.45, 7) is 9.00. The van der Waals surface area contributed by atoms with Crippen molar-refractivity contribution < 1.29 is 17.9 Å². The number of benzene rings is 3. The van der Waals surface area contributed by atoms with Gasteiger partial charge in [0.2, 0.25) is 0 Å². The molecule has 40 heavy (non-hydrogen) atoms. The number of unbranched alkanes of at least 4 members (excludes halogenated alkanes) is 1. The number of ether oxygens (including phenoxy) is 1. The maximum absolute atomic E-state index is 12.6. The van der Waals surface area contributed by atoms with Gasteiger partial charge in [0.25, 0.3) is 0 Å². The predicted octanol–water partition coefficient (Wildman–Crippen LogP) is 8.02. The highest BCUT2D eigenvalue weighted by atomic mass is 35.5. The largest absolute Gasteiger partial charge is 0.573 e. The van der Waals surface area contributed by atoms with Crippen LogP contribution in [0.25, 0.3) is 22.0 Å². The van der Waals surface area contributed by atoms with Gasteiger partial charge in [0.05, 0.1) is 0 Å². The molecule has 0 N–H and O–H groups in total. The van der Waals surface area contributed by atoms with E-state index in [9.17, 15) is 13.2 Å². The second kappa shape index (κ2) is 12.7. The molecule has 8 heteroatoms. The van der Waals surface area contributed by atoms with Crippen molar-refractivity contribution in [1.82, 2.24) is 14.4 Å². The van der Waals surface area contributed by atoms with Gasteiger partial charge in [0, 0.05) is 73.5 Å². The molecule has 1 aromatic heterocycles. The van der Waals surface area contributed by atoms with E-state index in [-0.39, 0.29) is 5.75 Å². The number of alkyl halides is 3. The van der Waals surface area contributed by atoms with Gasteiger partial charge in [-0.1, -0.05) is 61.3 Å². The molecular formula is C32H35ClF3N3O. The lowest BCUT2D eigenvalue weighted by Crippen LogP contribution is -2.46. The first kappa shape index (κ1) is 28.5. The van der Waals surface area contributed by atoms with E-state index in [1.54, 1.807) is 12.1 Å². The molecule has 2 heterocycles. The summed E-state index contributed by atoms with van der Waals surface area (Å²) in [4.78, 5) is 4.99. The summed E-state index contributed by atoms with van der Waals surface area (Å²) >= 11 is 6.33. The number of piperazine rings is 1. The fourth-order valence-corrected chi connectivity index (χ4v) is 5.66. The van der Waals surface area contributed by atoms with E-state index in [1.807, 2.05) is 18.2 Å². The number of halogens is 4. The molecular weight excluding hydrogens is 535 g/mol. The number of nitrogens with zero attached hydrogens (tertiary/aromatic N) is 3. The third-order valence-electron chi connectivity index (χ3n) is 7.62. The van der Waals surface area contributed by atoms with E-state index in [2.05, 4.69) is 56.5 Å². The van der Waals surface area contributed by atoms with E-state index in [0.717, 1.165) is 92.1 Å². The van der Waals surface area contributed by atoms with Crippen LogP contribution in [0, 0.1) is 0 Å². The third kappa shape index (κ3) is 7.19. The molecule has 0 bridgehead atoms. The summed E-state index contributed by atoms with van der Waals surface area (Å²) < 4.78 is 44.3. The third-order valence-corrected chi connectivity index (χ3v) is 7.99. The average molecular weight is 570 g/mol. The molecule has 4 aromatic rings. The summed E-state index contributed by atoms with van der Waals surface area (Å²) in [6.07, 6.45) is 0.525. The Morgan fingerprint density at radius 2 is 1.60 bits per heavy atom. The normalized spacial score (nSPS) is 15.1. The number of rotatable bonds is 10. The molecule has 0 saturated carbocycles. The smallest absolute Gasteiger partial charge is 0.406 e. The Labute approximate surface area is 238 Å². The topological polar surface area (TPSA) is 20.6 Å². The first-order valence-corrected chi connectivity index (χ1v) is 14.3. The monoisotopic (exact) mass is 569 g/mol. The Kier molecular flexibility index (Phi) is 9.03. The summed E-state index contributed by atoms with van der Waals surface area (Å²) in [5.41, 5.74) is 5.48. The van der Waals surface area contributed by atoms with Gasteiger partial charge < -0.3 is 14.2 Å². The second-order valence-corrected chi connectivity index (χ2v) is 10.9. The van der Waals surface area contributed by atoms with Crippen LogP contribution < -0.4 is 4.74 Å². The number of hydrogen-bond donors (Lipinski definition) is 0. The van der Waals surface area contributed by atoms with Crippen molar-refractivity contribution in [2.75, 3.05) is 32.7 Å². The fourth-order valence-electron chi connectivity index (χ4n) is 5.43. The van der Waals surface area contributed by atoms with Crippen LogP contribution in [-0.2, 0) is 19.5 Å². The SMILES string of the molecule is CCCCn1cc(-c2ccc(OC(F)(F)F)cc2)c2cc(CN3CCN(CCc4ccccc4Cl)CC3)ccc21. The van der Waals surface area contributed by atoms with Crippen molar-refractivity contribution in [3.05, 3.63) is 89.1 Å². The Balaban J connectivity index is 1.28. The molecule has 212 valence electrons. The molecule has 3 aromatic carbocycles. The van der Waals surface area contributed by atoms with Crippen molar-refractivity contribution in [2.24, 2.45) is 0 Å². The Hall–Kier alpha value is -3.00. The van der Waals surface area contributed by atoms with Crippen molar-refractivity contribution in [1.29, 1.82) is 0 Å². The van der Waals surface area contributed by atoms with Crippen LogP contribution in [0.5, 0.6) is 5.75 Å². The predicted molar refractivity (Wildman–Crippen MR) is 156 cm³/mol. The van der Waals surface area contributed by atoms with Gasteiger partial charge in [-0.25, -0.2) is 0 Å². The molecule has 0 aliphatic carbocycles. The Morgan fingerprint density at radius 3 is 2.30 bits per heavy atom. The van der Waals surface area contributed by atoms with Crippen LogP contribution in [0.1, 0.15) is 30.9 Å². The second-order valence-electron chi connectivity index (χ2n) is 10.5. The van der Waals surface area contributed by atoms with Crippen molar-refractivity contribution in [3.63, 3.8) is 0 Å². The van der Waals surface area contributed by atoms with Crippen molar-refractivity contribution >= 4 is 22.5 Å². The first-order valence-electron chi connectivity index (χ1n) is 13.9. The van der Waals surface area contributed by atoms with Gasteiger partial charge in [0.1, 0.15) is 5.75 Å². The molecule has 1 aliphatic heterocycles. The maximum Gasteiger partial charge on any atom is 0.573 e. The van der Waals surface area contributed by atoms with Gasteiger partial charge in [-0.05, 0) is 59.9 Å². The van der Waals surface area contributed by atoms with E-state index in [1.165, 1.54) is 23.3 Å². The zero-order valence-corrected chi connectivity index (χ0v) is 23.5.